The normalized spacial score (nSPS) is 11.5. The van der Waals surface area contributed by atoms with Crippen molar-refractivity contribution < 1.29 is 14.2 Å². The van der Waals surface area contributed by atoms with Crippen LogP contribution in [0.1, 0.15) is 5.01 Å². The molecule has 10 heteroatoms. The fourth-order valence-corrected chi connectivity index (χ4v) is 3.65. The average molecular weight is 431 g/mol. The van der Waals surface area contributed by atoms with E-state index < -0.39 is 5.79 Å². The zero-order valence-electron chi connectivity index (χ0n) is 13.2. The smallest absolute Gasteiger partial charge is 0.248 e. The van der Waals surface area contributed by atoms with Gasteiger partial charge in [0.1, 0.15) is 6.10 Å². The van der Waals surface area contributed by atoms with Crippen LogP contribution in [-0.2, 0) is 20.0 Å². The lowest BCUT2D eigenvalue weighted by Gasteiger charge is -2.34. The Labute approximate surface area is 172 Å². The molecule has 4 nitrogen and oxygen atoms in total. The zero-order chi connectivity index (χ0) is 13.9. The van der Waals surface area contributed by atoms with Gasteiger partial charge in [-0.2, -0.15) is 54.0 Å². The van der Waals surface area contributed by atoms with Crippen LogP contribution in [0.25, 0.3) is 10.2 Å². The maximum Gasteiger partial charge on any atom is 0.248 e. The third kappa shape index (κ3) is 5.55. The van der Waals surface area contributed by atoms with Crippen LogP contribution < -0.4 is 0 Å². The number of thiazole rings is 1. The molecule has 2 rings (SSSR count). The molecular formula is C13H24NO3S5Si. The topological polar surface area (TPSA) is 40.6 Å². The summed E-state index contributed by atoms with van der Waals surface area (Å²) in [5.74, 6) is -1.000. The van der Waals surface area contributed by atoms with E-state index in [1.54, 1.807) is 32.7 Å². The maximum absolute atomic E-state index is 5.62. The monoisotopic (exact) mass is 430 g/mol. The third-order valence-corrected chi connectivity index (χ3v) is 4.60. The summed E-state index contributed by atoms with van der Waals surface area (Å²) in [6.07, 6.45) is -0.292. The van der Waals surface area contributed by atoms with Crippen LogP contribution in [0.4, 0.5) is 0 Å². The predicted octanol–water partition coefficient (Wildman–Crippen LogP) is 2.79. The standard InChI is InChI=1S/C13H16NO3SSi.4H2S/c1-15-11(8-19)13(16-2,17-3)12-14-9-6-4-5-7-10(9)18-12;;;;/h4-7,11H,8H2,1-3H3;4*1H2. The van der Waals surface area contributed by atoms with Crippen molar-refractivity contribution >= 4 is 85.8 Å². The summed E-state index contributed by atoms with van der Waals surface area (Å²) in [4.78, 5) is 4.61. The van der Waals surface area contributed by atoms with Gasteiger partial charge in [-0.05, 0) is 18.2 Å². The van der Waals surface area contributed by atoms with E-state index in [-0.39, 0.29) is 60.1 Å². The number of para-hydroxylation sites is 1. The van der Waals surface area contributed by atoms with Gasteiger partial charge in [0.25, 0.3) is 0 Å². The van der Waals surface area contributed by atoms with E-state index in [0.29, 0.717) is 6.04 Å². The Bertz CT molecular complexity index is 516. The van der Waals surface area contributed by atoms with Gasteiger partial charge in [-0.1, -0.05) is 12.1 Å². The molecule has 0 saturated heterocycles. The zero-order valence-corrected chi connectivity index (χ0v) is 19.0. The van der Waals surface area contributed by atoms with E-state index >= 15 is 0 Å². The van der Waals surface area contributed by atoms with Crippen LogP contribution in [-0.4, -0.2) is 42.7 Å². The highest BCUT2D eigenvalue weighted by Crippen LogP contribution is 2.37. The molecule has 1 aromatic carbocycles. The predicted molar refractivity (Wildman–Crippen MR) is 118 cm³/mol. The number of rotatable bonds is 6. The SMILES string of the molecule is COC(C[Si])C(OC)(OC)c1nc2ccccc2s1.S.S.S.S. The van der Waals surface area contributed by atoms with Gasteiger partial charge in [-0.15, -0.1) is 11.3 Å². The van der Waals surface area contributed by atoms with E-state index in [9.17, 15) is 0 Å². The Kier molecular flexibility index (Phi) is 15.9. The van der Waals surface area contributed by atoms with Crippen LogP contribution in [0.3, 0.4) is 0 Å². The minimum Gasteiger partial charge on any atom is -0.376 e. The van der Waals surface area contributed by atoms with Gasteiger partial charge in [0.2, 0.25) is 5.79 Å². The molecule has 1 atom stereocenters. The molecule has 0 N–H and O–H groups in total. The number of ether oxygens (including phenoxy) is 3. The van der Waals surface area contributed by atoms with Gasteiger partial charge < -0.3 is 14.2 Å². The van der Waals surface area contributed by atoms with Gasteiger partial charge in [0, 0.05) is 31.6 Å². The van der Waals surface area contributed by atoms with Crippen molar-refractivity contribution in [1.29, 1.82) is 0 Å². The van der Waals surface area contributed by atoms with E-state index in [1.165, 1.54) is 0 Å². The summed E-state index contributed by atoms with van der Waals surface area (Å²) in [6, 6.07) is 8.53. The minimum absolute atomic E-state index is 0. The molecule has 0 bridgehead atoms. The molecule has 1 unspecified atom stereocenters. The number of fused-ring (bicyclic) bond motifs is 1. The second-order valence-corrected chi connectivity index (χ2v) is 5.43. The molecule has 23 heavy (non-hydrogen) atoms. The fraction of sp³-hybridized carbons (Fsp3) is 0.462. The molecule has 0 saturated carbocycles. The van der Waals surface area contributed by atoms with Crippen molar-refractivity contribution in [1.82, 2.24) is 4.98 Å². The number of methoxy groups -OCH3 is 3. The van der Waals surface area contributed by atoms with Crippen molar-refractivity contribution in [3.8, 4) is 0 Å². The van der Waals surface area contributed by atoms with Crippen LogP contribution in [0.2, 0.25) is 6.04 Å². The van der Waals surface area contributed by atoms with E-state index in [2.05, 4.69) is 15.2 Å². The van der Waals surface area contributed by atoms with Crippen LogP contribution in [0.15, 0.2) is 24.3 Å². The molecule has 0 fully saturated rings. The number of benzene rings is 1. The summed E-state index contributed by atoms with van der Waals surface area (Å²) in [5.41, 5.74) is 0.935. The molecule has 0 aliphatic rings. The Balaban J connectivity index is -0.000001000. The molecule has 0 spiro atoms. The Morgan fingerprint density at radius 1 is 1.09 bits per heavy atom. The molecule has 133 valence electrons. The molecule has 3 radical (unpaired) electrons. The van der Waals surface area contributed by atoms with Crippen LogP contribution in [0, 0.1) is 0 Å². The van der Waals surface area contributed by atoms with Crippen molar-refractivity contribution in [2.24, 2.45) is 0 Å². The van der Waals surface area contributed by atoms with Crippen LogP contribution >= 0.6 is 65.3 Å². The summed E-state index contributed by atoms with van der Waals surface area (Å²) in [7, 11) is 8.31. The lowest BCUT2D eigenvalue weighted by Crippen LogP contribution is -2.44. The first-order valence-corrected chi connectivity index (χ1v) is 7.38. The largest absolute Gasteiger partial charge is 0.376 e. The summed E-state index contributed by atoms with van der Waals surface area (Å²) in [5, 5.41) is 0.754. The van der Waals surface area contributed by atoms with Crippen molar-refractivity contribution in [2.45, 2.75) is 17.9 Å². The van der Waals surface area contributed by atoms with Gasteiger partial charge in [-0.25, -0.2) is 4.98 Å². The lowest BCUT2D eigenvalue weighted by atomic mass is 10.1. The first-order chi connectivity index (χ1) is 9.21. The van der Waals surface area contributed by atoms with E-state index in [4.69, 9.17) is 14.2 Å². The highest BCUT2D eigenvalue weighted by Gasteiger charge is 2.43. The average Bonchev–Trinajstić information content (AvgIpc) is 2.89. The molecule has 2 aromatic rings. The Morgan fingerprint density at radius 3 is 2.09 bits per heavy atom. The maximum atomic E-state index is 5.62. The molecule has 0 amide bonds. The number of nitrogens with zero attached hydrogens (tertiary/aromatic N) is 1. The molecule has 0 aliphatic heterocycles. The summed E-state index contributed by atoms with van der Waals surface area (Å²) < 4.78 is 17.8. The molecular weight excluding hydrogens is 407 g/mol. The second kappa shape index (κ2) is 12.9. The number of aromatic nitrogens is 1. The Hall–Kier alpha value is 0.607. The summed E-state index contributed by atoms with van der Waals surface area (Å²) >= 11 is 1.55. The minimum atomic E-state index is -1.000. The van der Waals surface area contributed by atoms with Gasteiger partial charge in [0.15, 0.2) is 5.01 Å². The quantitative estimate of drug-likeness (QED) is 0.522. The van der Waals surface area contributed by atoms with Gasteiger partial charge >= 0.3 is 0 Å². The van der Waals surface area contributed by atoms with Crippen LogP contribution in [0.5, 0.6) is 0 Å². The number of hydrogen-bond donors (Lipinski definition) is 0. The molecule has 0 aliphatic carbocycles. The summed E-state index contributed by atoms with van der Waals surface area (Å²) in [6.45, 7) is 0. The van der Waals surface area contributed by atoms with E-state index in [1.807, 2.05) is 24.3 Å². The number of hydrogen-bond acceptors (Lipinski definition) is 5. The first-order valence-electron chi connectivity index (χ1n) is 5.85. The van der Waals surface area contributed by atoms with E-state index in [0.717, 1.165) is 15.2 Å². The van der Waals surface area contributed by atoms with Crippen molar-refractivity contribution in [3.63, 3.8) is 0 Å². The third-order valence-electron chi connectivity index (χ3n) is 3.09. The van der Waals surface area contributed by atoms with Gasteiger partial charge in [0.05, 0.1) is 10.2 Å². The van der Waals surface area contributed by atoms with Crippen molar-refractivity contribution in [3.05, 3.63) is 29.3 Å². The Morgan fingerprint density at radius 2 is 1.65 bits per heavy atom. The fourth-order valence-electron chi connectivity index (χ4n) is 2.05. The highest BCUT2D eigenvalue weighted by atomic mass is 32.1. The molecule has 1 aromatic heterocycles. The second-order valence-electron chi connectivity index (χ2n) is 3.99. The van der Waals surface area contributed by atoms with Crippen molar-refractivity contribution in [2.75, 3.05) is 21.3 Å². The molecule has 1 heterocycles. The lowest BCUT2D eigenvalue weighted by molar-refractivity contribution is -0.269. The first kappa shape index (κ1) is 28.4. The highest BCUT2D eigenvalue weighted by molar-refractivity contribution is 7.59. The van der Waals surface area contributed by atoms with Gasteiger partial charge in [-0.3, -0.25) is 0 Å².